The Balaban J connectivity index is 1.98. The van der Waals surface area contributed by atoms with Crippen LogP contribution < -0.4 is 18.9 Å². The van der Waals surface area contributed by atoms with Crippen molar-refractivity contribution < 1.29 is 33.6 Å². The smallest absolute Gasteiger partial charge is 0.295 e. The van der Waals surface area contributed by atoms with E-state index in [0.717, 1.165) is 10.4 Å². The van der Waals surface area contributed by atoms with Gasteiger partial charge in [-0.15, -0.1) is 11.3 Å². The molecular weight excluding hydrogens is 494 g/mol. The number of hydrogen-bond donors (Lipinski definition) is 1. The van der Waals surface area contributed by atoms with Gasteiger partial charge in [-0.3, -0.25) is 9.59 Å². The van der Waals surface area contributed by atoms with Gasteiger partial charge in [-0.2, -0.15) is 0 Å². The molecule has 1 N–H and O–H groups in total. The third-order valence-corrected chi connectivity index (χ3v) is 7.31. The van der Waals surface area contributed by atoms with Crippen LogP contribution in [-0.2, 0) is 16.1 Å². The number of aliphatic hydroxyl groups is 1. The number of carbonyl (C=O) groups excluding carboxylic acids is 2. The normalized spacial score (nSPS) is 16.7. The number of hydrogen-bond acceptors (Lipinski definition) is 8. The van der Waals surface area contributed by atoms with Gasteiger partial charge in [0.15, 0.2) is 11.5 Å². The Morgan fingerprint density at radius 1 is 0.919 bits per heavy atom. The molecule has 37 heavy (non-hydrogen) atoms. The van der Waals surface area contributed by atoms with Crippen LogP contribution in [0.15, 0.2) is 47.4 Å². The fraction of sp³-hybridized carbons (Fsp3) is 0.286. The molecule has 9 heteroatoms. The third-order valence-electron chi connectivity index (χ3n) is 6.45. The van der Waals surface area contributed by atoms with Gasteiger partial charge in [-0.25, -0.2) is 0 Å². The lowest BCUT2D eigenvalue weighted by molar-refractivity contribution is -0.140. The van der Waals surface area contributed by atoms with Gasteiger partial charge in [-0.05, 0) is 66.2 Å². The highest BCUT2D eigenvalue weighted by Gasteiger charge is 2.47. The number of rotatable bonds is 8. The van der Waals surface area contributed by atoms with E-state index in [1.54, 1.807) is 31.4 Å². The summed E-state index contributed by atoms with van der Waals surface area (Å²) in [5, 5.41) is 13.5. The summed E-state index contributed by atoms with van der Waals surface area (Å²) < 4.78 is 21.9. The molecule has 1 amide bonds. The number of ether oxygens (including phenoxy) is 4. The molecule has 1 aromatic heterocycles. The number of amides is 1. The van der Waals surface area contributed by atoms with Crippen LogP contribution in [0.2, 0.25) is 0 Å². The van der Waals surface area contributed by atoms with Crippen molar-refractivity contribution in [2.24, 2.45) is 0 Å². The zero-order chi connectivity index (χ0) is 26.9. The van der Waals surface area contributed by atoms with Gasteiger partial charge in [0.1, 0.15) is 11.5 Å². The van der Waals surface area contributed by atoms with Gasteiger partial charge in [0.05, 0.1) is 46.6 Å². The maximum atomic E-state index is 13.5. The Morgan fingerprint density at radius 3 is 2.11 bits per heavy atom. The number of methoxy groups -OCH3 is 4. The summed E-state index contributed by atoms with van der Waals surface area (Å²) in [5.41, 5.74) is 2.46. The van der Waals surface area contributed by atoms with E-state index in [9.17, 15) is 14.7 Å². The van der Waals surface area contributed by atoms with E-state index < -0.39 is 17.7 Å². The van der Waals surface area contributed by atoms with Gasteiger partial charge in [0.2, 0.25) is 5.75 Å². The molecule has 0 bridgehead atoms. The van der Waals surface area contributed by atoms with Crippen LogP contribution in [0.4, 0.5) is 0 Å². The first kappa shape index (κ1) is 26.1. The van der Waals surface area contributed by atoms with Crippen LogP contribution in [-0.4, -0.2) is 50.1 Å². The van der Waals surface area contributed by atoms with E-state index >= 15 is 0 Å². The van der Waals surface area contributed by atoms with E-state index in [4.69, 9.17) is 18.9 Å². The standard InChI is InChI=1S/C28H29NO7S/c1-15-11-20(33-3)16(2)10-19(15)25(30)23-24(17-12-21(34-4)27(36-6)22(13-17)35-5)29(28(32)26(23)31)14-18-8-7-9-37-18/h7-13,24,30H,14H2,1-6H3/b25-23+. The SMILES string of the molecule is COc1cc(C)c(/C(O)=C2\C(=O)C(=O)N(Cc3cccs3)C2c2cc(OC)c(OC)c(OC)c2)cc1C. The van der Waals surface area contributed by atoms with Gasteiger partial charge >= 0.3 is 0 Å². The molecule has 2 heterocycles. The zero-order valence-corrected chi connectivity index (χ0v) is 22.4. The highest BCUT2D eigenvalue weighted by Crippen LogP contribution is 2.46. The number of likely N-dealkylation sites (tertiary alicyclic amines) is 1. The van der Waals surface area contributed by atoms with E-state index in [1.165, 1.54) is 37.6 Å². The Labute approximate surface area is 219 Å². The highest BCUT2D eigenvalue weighted by molar-refractivity contribution is 7.09. The molecule has 0 saturated carbocycles. The summed E-state index contributed by atoms with van der Waals surface area (Å²) in [5.74, 6) is 0.0651. The molecule has 194 valence electrons. The largest absolute Gasteiger partial charge is 0.507 e. The molecule has 3 aromatic rings. The number of aryl methyl sites for hydroxylation is 2. The molecule has 0 radical (unpaired) electrons. The number of ketones is 1. The summed E-state index contributed by atoms with van der Waals surface area (Å²) in [6.07, 6.45) is 0. The van der Waals surface area contributed by atoms with Crippen molar-refractivity contribution in [3.8, 4) is 23.0 Å². The van der Waals surface area contributed by atoms with Crippen LogP contribution >= 0.6 is 11.3 Å². The number of carbonyl (C=O) groups is 2. The third kappa shape index (κ3) is 4.62. The summed E-state index contributed by atoms with van der Waals surface area (Å²) >= 11 is 1.48. The van der Waals surface area contributed by atoms with Gasteiger partial charge in [-0.1, -0.05) is 6.07 Å². The predicted molar refractivity (Wildman–Crippen MR) is 141 cm³/mol. The molecule has 1 aliphatic heterocycles. The van der Waals surface area contributed by atoms with E-state index in [2.05, 4.69) is 0 Å². The van der Waals surface area contributed by atoms with Crippen LogP contribution in [0.3, 0.4) is 0 Å². The van der Waals surface area contributed by atoms with E-state index in [0.29, 0.717) is 39.7 Å². The molecular formula is C28H29NO7S. The fourth-order valence-corrected chi connectivity index (χ4v) is 5.33. The van der Waals surface area contributed by atoms with Crippen LogP contribution in [0.1, 0.15) is 33.2 Å². The quantitative estimate of drug-likeness (QED) is 0.252. The predicted octanol–water partition coefficient (Wildman–Crippen LogP) is 5.02. The maximum absolute atomic E-state index is 13.5. The molecule has 1 atom stereocenters. The number of nitrogens with zero attached hydrogens (tertiary/aromatic N) is 1. The van der Waals surface area contributed by atoms with Crippen molar-refractivity contribution in [1.82, 2.24) is 4.90 Å². The molecule has 1 aliphatic rings. The van der Waals surface area contributed by atoms with Gasteiger partial charge in [0, 0.05) is 10.4 Å². The lowest BCUT2D eigenvalue weighted by atomic mass is 9.92. The lowest BCUT2D eigenvalue weighted by Crippen LogP contribution is -2.29. The molecule has 0 aliphatic carbocycles. The molecule has 8 nitrogen and oxygen atoms in total. The van der Waals surface area contributed by atoms with Crippen molar-refractivity contribution in [2.45, 2.75) is 26.4 Å². The van der Waals surface area contributed by atoms with Crippen LogP contribution in [0.5, 0.6) is 23.0 Å². The first-order valence-corrected chi connectivity index (χ1v) is 12.4. The summed E-state index contributed by atoms with van der Waals surface area (Å²) in [7, 11) is 6.06. The number of benzene rings is 2. The van der Waals surface area contributed by atoms with Crippen molar-refractivity contribution in [3.05, 3.63) is 74.5 Å². The minimum absolute atomic E-state index is 0.0107. The monoisotopic (exact) mass is 523 g/mol. The van der Waals surface area contributed by atoms with Gasteiger partial charge < -0.3 is 29.0 Å². The Morgan fingerprint density at radius 2 is 1.57 bits per heavy atom. The first-order valence-electron chi connectivity index (χ1n) is 11.5. The molecule has 4 rings (SSSR count). The molecule has 0 spiro atoms. The summed E-state index contributed by atoms with van der Waals surface area (Å²) in [4.78, 5) is 29.2. The Kier molecular flexibility index (Phi) is 7.45. The fourth-order valence-electron chi connectivity index (χ4n) is 4.63. The Bertz CT molecular complexity index is 1350. The minimum Gasteiger partial charge on any atom is -0.507 e. The number of Topliss-reactive ketones (excluding diaryl/α,β-unsaturated/α-hetero) is 1. The maximum Gasteiger partial charge on any atom is 0.295 e. The average Bonchev–Trinajstić information content (AvgIpc) is 3.50. The second-order valence-electron chi connectivity index (χ2n) is 8.60. The topological polar surface area (TPSA) is 94.5 Å². The highest BCUT2D eigenvalue weighted by atomic mass is 32.1. The molecule has 1 unspecified atom stereocenters. The number of aliphatic hydroxyl groups excluding tert-OH is 1. The van der Waals surface area contributed by atoms with Crippen molar-refractivity contribution >= 4 is 28.8 Å². The first-order chi connectivity index (χ1) is 17.7. The molecule has 2 aromatic carbocycles. The minimum atomic E-state index is -0.891. The van der Waals surface area contributed by atoms with Crippen molar-refractivity contribution in [1.29, 1.82) is 0 Å². The van der Waals surface area contributed by atoms with E-state index in [-0.39, 0.29) is 17.9 Å². The zero-order valence-electron chi connectivity index (χ0n) is 21.6. The lowest BCUT2D eigenvalue weighted by Gasteiger charge is -2.26. The average molecular weight is 524 g/mol. The number of thiophene rings is 1. The van der Waals surface area contributed by atoms with Crippen molar-refractivity contribution in [3.63, 3.8) is 0 Å². The second kappa shape index (κ2) is 10.6. The summed E-state index contributed by atoms with van der Waals surface area (Å²) in [6, 6.07) is 9.82. The van der Waals surface area contributed by atoms with Crippen molar-refractivity contribution in [2.75, 3.05) is 28.4 Å². The van der Waals surface area contributed by atoms with E-state index in [1.807, 2.05) is 31.4 Å². The van der Waals surface area contributed by atoms with Gasteiger partial charge in [0.25, 0.3) is 11.7 Å². The second-order valence-corrected chi connectivity index (χ2v) is 9.63. The molecule has 1 fully saturated rings. The Hall–Kier alpha value is -3.98. The molecule has 1 saturated heterocycles. The van der Waals surface area contributed by atoms with Crippen LogP contribution in [0, 0.1) is 13.8 Å². The van der Waals surface area contributed by atoms with Crippen LogP contribution in [0.25, 0.3) is 5.76 Å². The summed E-state index contributed by atoms with van der Waals surface area (Å²) in [6.45, 7) is 3.86.